The van der Waals surface area contributed by atoms with Crippen molar-refractivity contribution in [3.05, 3.63) is 78.5 Å². The fraction of sp³-hybridized carbons (Fsp3) is 0.0870. The second-order valence-electron chi connectivity index (χ2n) is 6.81. The fourth-order valence-electron chi connectivity index (χ4n) is 3.47. The third-order valence-electron chi connectivity index (χ3n) is 5.07. The monoisotopic (exact) mass is 404 g/mol. The SMILES string of the molecule is CCS(=O)(=O)c1ccc(-c2c[nH]c3c(C(N)=O)cc(-c4ccccc4)cc23)cc1. The van der Waals surface area contributed by atoms with Crippen LogP contribution in [0.25, 0.3) is 33.2 Å². The Labute approximate surface area is 169 Å². The molecule has 4 rings (SSSR count). The Hall–Kier alpha value is -3.38. The Kier molecular flexibility index (Phi) is 4.72. The standard InChI is InChI=1S/C23H20N2O3S/c1-2-29(27,28)18-10-8-16(9-11-18)21-14-25-22-19(21)12-17(13-20(22)23(24)26)15-6-4-3-5-7-15/h3-14,25H,2H2,1H3,(H2,24,26). The molecule has 1 amide bonds. The van der Waals surface area contributed by atoms with Crippen LogP contribution < -0.4 is 5.73 Å². The molecular weight excluding hydrogens is 384 g/mol. The van der Waals surface area contributed by atoms with Crippen LogP contribution in [0.5, 0.6) is 0 Å². The van der Waals surface area contributed by atoms with Crippen LogP contribution in [0, 0.1) is 0 Å². The smallest absolute Gasteiger partial charge is 0.250 e. The van der Waals surface area contributed by atoms with E-state index in [4.69, 9.17) is 5.73 Å². The highest BCUT2D eigenvalue weighted by molar-refractivity contribution is 7.91. The van der Waals surface area contributed by atoms with Gasteiger partial charge in [0.05, 0.1) is 21.7 Å². The van der Waals surface area contributed by atoms with Gasteiger partial charge in [0.15, 0.2) is 9.84 Å². The first-order valence-corrected chi connectivity index (χ1v) is 10.9. The van der Waals surface area contributed by atoms with Crippen molar-refractivity contribution < 1.29 is 13.2 Å². The summed E-state index contributed by atoms with van der Waals surface area (Å²) < 4.78 is 24.1. The minimum atomic E-state index is -3.26. The minimum Gasteiger partial charge on any atom is -0.366 e. The van der Waals surface area contributed by atoms with Gasteiger partial charge in [-0.15, -0.1) is 0 Å². The molecule has 0 aliphatic carbocycles. The molecule has 0 spiro atoms. The van der Waals surface area contributed by atoms with Crippen molar-refractivity contribution in [3.63, 3.8) is 0 Å². The lowest BCUT2D eigenvalue weighted by atomic mass is 9.97. The van der Waals surface area contributed by atoms with Crippen LogP contribution in [0.1, 0.15) is 17.3 Å². The quantitative estimate of drug-likeness (QED) is 0.516. The summed E-state index contributed by atoms with van der Waals surface area (Å²) in [5.74, 6) is -0.451. The highest BCUT2D eigenvalue weighted by atomic mass is 32.2. The van der Waals surface area contributed by atoms with Gasteiger partial charge in [0.1, 0.15) is 0 Å². The molecule has 1 aromatic heterocycles. The van der Waals surface area contributed by atoms with Gasteiger partial charge < -0.3 is 10.7 Å². The van der Waals surface area contributed by atoms with Gasteiger partial charge in [-0.2, -0.15) is 0 Å². The average molecular weight is 404 g/mol. The number of aromatic nitrogens is 1. The van der Waals surface area contributed by atoms with Crippen molar-refractivity contribution in [2.45, 2.75) is 11.8 Å². The topological polar surface area (TPSA) is 93.0 Å². The molecule has 29 heavy (non-hydrogen) atoms. The van der Waals surface area contributed by atoms with Gasteiger partial charge in [-0.05, 0) is 41.0 Å². The van der Waals surface area contributed by atoms with Crippen molar-refractivity contribution in [1.29, 1.82) is 0 Å². The lowest BCUT2D eigenvalue weighted by Crippen LogP contribution is -2.11. The van der Waals surface area contributed by atoms with E-state index in [1.54, 1.807) is 37.3 Å². The van der Waals surface area contributed by atoms with Crippen LogP contribution >= 0.6 is 0 Å². The predicted molar refractivity (Wildman–Crippen MR) is 115 cm³/mol. The van der Waals surface area contributed by atoms with Gasteiger partial charge >= 0.3 is 0 Å². The van der Waals surface area contributed by atoms with Crippen LogP contribution in [0.2, 0.25) is 0 Å². The fourth-order valence-corrected chi connectivity index (χ4v) is 4.36. The number of aromatic amines is 1. The Bertz CT molecular complexity index is 1310. The maximum absolute atomic E-state index is 12.1. The first-order chi connectivity index (χ1) is 13.9. The number of carbonyl (C=O) groups is 1. The van der Waals surface area contributed by atoms with Gasteiger partial charge in [0, 0.05) is 17.1 Å². The first kappa shape index (κ1) is 19.0. The van der Waals surface area contributed by atoms with Crippen molar-refractivity contribution >= 4 is 26.6 Å². The van der Waals surface area contributed by atoms with E-state index in [0.717, 1.165) is 27.6 Å². The Morgan fingerprint density at radius 1 is 0.931 bits per heavy atom. The van der Waals surface area contributed by atoms with E-state index in [1.165, 1.54) is 0 Å². The molecule has 0 atom stereocenters. The molecule has 4 aromatic rings. The van der Waals surface area contributed by atoms with Gasteiger partial charge in [-0.1, -0.05) is 49.4 Å². The van der Waals surface area contributed by atoms with Crippen LogP contribution in [-0.4, -0.2) is 25.1 Å². The normalized spacial score (nSPS) is 11.6. The first-order valence-electron chi connectivity index (χ1n) is 9.24. The second-order valence-corrected chi connectivity index (χ2v) is 9.09. The molecule has 6 heteroatoms. The summed E-state index contributed by atoms with van der Waals surface area (Å²) in [7, 11) is -3.26. The molecular formula is C23H20N2O3S. The Morgan fingerprint density at radius 3 is 2.24 bits per heavy atom. The average Bonchev–Trinajstić information content (AvgIpc) is 3.17. The van der Waals surface area contributed by atoms with Crippen molar-refractivity contribution in [1.82, 2.24) is 4.98 Å². The molecule has 0 unspecified atom stereocenters. The highest BCUT2D eigenvalue weighted by Gasteiger charge is 2.16. The zero-order valence-electron chi connectivity index (χ0n) is 15.8. The third kappa shape index (κ3) is 3.43. The molecule has 0 radical (unpaired) electrons. The van der Waals surface area contributed by atoms with E-state index < -0.39 is 15.7 Å². The van der Waals surface area contributed by atoms with Crippen molar-refractivity contribution in [3.8, 4) is 22.3 Å². The van der Waals surface area contributed by atoms with E-state index in [-0.39, 0.29) is 5.75 Å². The zero-order chi connectivity index (χ0) is 20.6. The van der Waals surface area contributed by atoms with Gasteiger partial charge in [0.2, 0.25) is 0 Å². The maximum Gasteiger partial charge on any atom is 0.250 e. The zero-order valence-corrected chi connectivity index (χ0v) is 16.7. The number of sulfone groups is 1. The molecule has 0 saturated carbocycles. The Balaban J connectivity index is 1.90. The number of hydrogen-bond acceptors (Lipinski definition) is 3. The van der Waals surface area contributed by atoms with Gasteiger partial charge in [0.25, 0.3) is 5.91 Å². The minimum absolute atomic E-state index is 0.0574. The predicted octanol–water partition coefficient (Wildman–Crippen LogP) is 4.39. The molecule has 0 aliphatic heterocycles. The summed E-state index contributed by atoms with van der Waals surface area (Å²) in [6, 6.07) is 20.4. The number of hydrogen-bond donors (Lipinski definition) is 2. The summed E-state index contributed by atoms with van der Waals surface area (Å²) in [6.45, 7) is 1.62. The number of amides is 1. The molecule has 5 nitrogen and oxygen atoms in total. The maximum atomic E-state index is 12.1. The second kappa shape index (κ2) is 7.22. The van der Waals surface area contributed by atoms with E-state index in [1.807, 2.05) is 42.6 Å². The highest BCUT2D eigenvalue weighted by Crippen LogP contribution is 2.34. The molecule has 1 heterocycles. The summed E-state index contributed by atoms with van der Waals surface area (Å²) in [6.07, 6.45) is 1.81. The van der Waals surface area contributed by atoms with E-state index in [0.29, 0.717) is 16.0 Å². The van der Waals surface area contributed by atoms with Crippen LogP contribution in [0.3, 0.4) is 0 Å². The summed E-state index contributed by atoms with van der Waals surface area (Å²) in [5, 5.41) is 0.853. The number of benzene rings is 3. The lowest BCUT2D eigenvalue weighted by molar-refractivity contribution is 0.100. The number of primary amides is 1. The van der Waals surface area contributed by atoms with E-state index >= 15 is 0 Å². The molecule has 0 aliphatic rings. The molecule has 3 aromatic carbocycles. The molecule has 0 bridgehead atoms. The van der Waals surface area contributed by atoms with Gasteiger partial charge in [-0.3, -0.25) is 4.79 Å². The summed E-state index contributed by atoms with van der Waals surface area (Å²) >= 11 is 0. The van der Waals surface area contributed by atoms with E-state index in [2.05, 4.69) is 4.98 Å². The number of nitrogens with one attached hydrogen (secondary N) is 1. The number of nitrogens with two attached hydrogens (primary N) is 1. The number of H-pyrrole nitrogens is 1. The molecule has 0 fully saturated rings. The van der Waals surface area contributed by atoms with Crippen LogP contribution in [-0.2, 0) is 9.84 Å². The number of rotatable bonds is 5. The van der Waals surface area contributed by atoms with Crippen LogP contribution in [0.4, 0.5) is 0 Å². The third-order valence-corrected chi connectivity index (χ3v) is 6.82. The summed E-state index contributed by atoms with van der Waals surface area (Å²) in [5.41, 5.74) is 10.3. The molecule has 0 saturated heterocycles. The van der Waals surface area contributed by atoms with Crippen molar-refractivity contribution in [2.24, 2.45) is 5.73 Å². The van der Waals surface area contributed by atoms with Crippen LogP contribution in [0.15, 0.2) is 77.8 Å². The van der Waals surface area contributed by atoms with Gasteiger partial charge in [-0.25, -0.2) is 8.42 Å². The number of carbonyl (C=O) groups excluding carboxylic acids is 1. The lowest BCUT2D eigenvalue weighted by Gasteiger charge is -2.08. The van der Waals surface area contributed by atoms with Crippen molar-refractivity contribution in [2.75, 3.05) is 5.75 Å². The summed E-state index contributed by atoms with van der Waals surface area (Å²) in [4.78, 5) is 15.5. The largest absolute Gasteiger partial charge is 0.366 e. The molecule has 3 N–H and O–H groups in total. The molecule has 146 valence electrons. The van der Waals surface area contributed by atoms with E-state index in [9.17, 15) is 13.2 Å². The number of fused-ring (bicyclic) bond motifs is 1. The Morgan fingerprint density at radius 2 is 1.62 bits per heavy atom.